The Morgan fingerprint density at radius 2 is 1.97 bits per heavy atom. The van der Waals surface area contributed by atoms with E-state index in [1.165, 1.54) is 12.1 Å². The van der Waals surface area contributed by atoms with E-state index in [1.807, 2.05) is 4.90 Å². The predicted octanol–water partition coefficient (Wildman–Crippen LogP) is 2.97. The van der Waals surface area contributed by atoms with Gasteiger partial charge in [0.25, 0.3) is 5.56 Å². The number of aromatic amines is 1. The Kier molecular flexibility index (Phi) is 6.00. The van der Waals surface area contributed by atoms with E-state index in [1.54, 1.807) is 0 Å². The number of rotatable bonds is 4. The normalized spacial score (nSPS) is 20.6. The van der Waals surface area contributed by atoms with E-state index in [2.05, 4.69) is 32.3 Å². The average molecular weight is 465 g/mol. The highest BCUT2D eigenvalue weighted by molar-refractivity contribution is 6.04. The number of carbonyl (C=O) groups is 2. The molecule has 2 aromatic rings. The highest BCUT2D eigenvalue weighted by Gasteiger charge is 2.35. The average Bonchev–Trinajstić information content (AvgIpc) is 2.73. The van der Waals surface area contributed by atoms with Gasteiger partial charge in [0.15, 0.2) is 0 Å². The smallest absolute Gasteiger partial charge is 0.406 e. The molecule has 1 aromatic carbocycles. The number of nitrogens with one attached hydrogen (secondary N) is 3. The predicted molar refractivity (Wildman–Crippen MR) is 113 cm³/mol. The van der Waals surface area contributed by atoms with Crippen LogP contribution in [0.25, 0.3) is 0 Å². The van der Waals surface area contributed by atoms with E-state index in [9.17, 15) is 27.6 Å². The molecule has 0 saturated carbocycles. The van der Waals surface area contributed by atoms with Gasteiger partial charge < -0.3 is 20.3 Å². The van der Waals surface area contributed by atoms with Crippen molar-refractivity contribution in [2.75, 3.05) is 28.6 Å². The molecule has 0 unspecified atom stereocenters. The Bertz CT molecular complexity index is 1120. The maximum Gasteiger partial charge on any atom is 0.573 e. The van der Waals surface area contributed by atoms with E-state index in [0.29, 0.717) is 18.4 Å². The maximum atomic E-state index is 12.9. The van der Waals surface area contributed by atoms with Crippen LogP contribution in [0.15, 0.2) is 29.1 Å². The third kappa shape index (κ3) is 5.26. The Hall–Kier alpha value is -3.57. The third-order valence-corrected chi connectivity index (χ3v) is 5.57. The lowest BCUT2D eigenvalue weighted by molar-refractivity contribution is -0.274. The quantitative estimate of drug-likeness (QED) is 0.639. The second-order valence-electron chi connectivity index (χ2n) is 8.21. The summed E-state index contributed by atoms with van der Waals surface area (Å²) in [7, 11) is 0. The van der Waals surface area contributed by atoms with E-state index in [0.717, 1.165) is 31.5 Å². The van der Waals surface area contributed by atoms with Crippen molar-refractivity contribution >= 4 is 29.3 Å². The number of anilines is 3. The van der Waals surface area contributed by atoms with Crippen molar-refractivity contribution in [1.29, 1.82) is 0 Å². The second-order valence-corrected chi connectivity index (χ2v) is 8.21. The zero-order valence-corrected chi connectivity index (χ0v) is 17.7. The van der Waals surface area contributed by atoms with E-state index < -0.39 is 35.4 Å². The van der Waals surface area contributed by atoms with Crippen molar-refractivity contribution in [3.63, 3.8) is 0 Å². The van der Waals surface area contributed by atoms with Gasteiger partial charge in [0.2, 0.25) is 17.8 Å². The number of fused-ring (bicyclic) bond motifs is 1. The Morgan fingerprint density at radius 1 is 1.24 bits per heavy atom. The first-order chi connectivity index (χ1) is 15.6. The molecule has 2 aliphatic rings. The number of nitrogens with zero attached hydrogens (tertiary/aromatic N) is 2. The molecular weight excluding hydrogens is 443 g/mol. The minimum absolute atomic E-state index is 0.0392. The lowest BCUT2D eigenvalue weighted by Crippen LogP contribution is -2.40. The molecule has 2 atom stereocenters. The Balaban J connectivity index is 1.55. The first-order valence-electron chi connectivity index (χ1n) is 10.4. The number of ether oxygens (including phenoxy) is 1. The minimum Gasteiger partial charge on any atom is -0.406 e. The number of carbonyl (C=O) groups excluding carboxylic acids is 2. The van der Waals surface area contributed by atoms with Crippen molar-refractivity contribution in [3.05, 3.63) is 40.2 Å². The van der Waals surface area contributed by atoms with Gasteiger partial charge in [-0.1, -0.05) is 6.92 Å². The molecule has 0 bridgehead atoms. The molecular formula is C21H22F3N5O4. The summed E-state index contributed by atoms with van der Waals surface area (Å²) in [5.74, 6) is -1.85. The molecule has 3 N–H and O–H groups in total. The van der Waals surface area contributed by atoms with Crippen LogP contribution in [0.5, 0.6) is 5.75 Å². The van der Waals surface area contributed by atoms with Gasteiger partial charge in [-0.3, -0.25) is 19.4 Å². The van der Waals surface area contributed by atoms with Gasteiger partial charge >= 0.3 is 6.36 Å². The van der Waals surface area contributed by atoms with Crippen molar-refractivity contribution in [1.82, 2.24) is 9.97 Å². The lowest BCUT2D eigenvalue weighted by atomic mass is 9.92. The van der Waals surface area contributed by atoms with Gasteiger partial charge in [-0.15, -0.1) is 13.2 Å². The number of benzene rings is 1. The van der Waals surface area contributed by atoms with Crippen LogP contribution in [0, 0.1) is 5.92 Å². The number of H-pyrrole nitrogens is 1. The van der Waals surface area contributed by atoms with Gasteiger partial charge in [-0.2, -0.15) is 4.98 Å². The fourth-order valence-electron chi connectivity index (χ4n) is 4.08. The van der Waals surface area contributed by atoms with Crippen LogP contribution >= 0.6 is 0 Å². The summed E-state index contributed by atoms with van der Waals surface area (Å²) in [6.07, 6.45) is -3.07. The van der Waals surface area contributed by atoms with Crippen molar-refractivity contribution in [2.45, 2.75) is 38.5 Å². The van der Waals surface area contributed by atoms with Gasteiger partial charge in [0.05, 0.1) is 11.5 Å². The molecule has 176 valence electrons. The SMILES string of the molecule is C[C@@H]1CCCN(c2nc3c(c(=O)[nH]2)[C@H](C(=O)Nc2ccc(OC(F)(F)F)cc2)CC(=O)N3)C1. The molecule has 1 aromatic heterocycles. The van der Waals surface area contributed by atoms with Gasteiger partial charge in [-0.05, 0) is 43.0 Å². The number of aromatic nitrogens is 2. The molecule has 1 fully saturated rings. The molecule has 1 saturated heterocycles. The number of hydrogen-bond acceptors (Lipinski definition) is 6. The molecule has 2 amide bonds. The molecule has 9 nitrogen and oxygen atoms in total. The second kappa shape index (κ2) is 8.75. The fraction of sp³-hybridized carbons (Fsp3) is 0.429. The van der Waals surface area contributed by atoms with Crippen molar-refractivity contribution in [2.24, 2.45) is 5.92 Å². The zero-order valence-electron chi connectivity index (χ0n) is 17.7. The highest BCUT2D eigenvalue weighted by Crippen LogP contribution is 2.31. The fourth-order valence-corrected chi connectivity index (χ4v) is 4.08. The van der Waals surface area contributed by atoms with Gasteiger partial charge in [-0.25, -0.2) is 0 Å². The van der Waals surface area contributed by atoms with Gasteiger partial charge in [0.1, 0.15) is 11.6 Å². The number of halogens is 3. The van der Waals surface area contributed by atoms with Crippen LogP contribution in [0.1, 0.15) is 37.7 Å². The summed E-state index contributed by atoms with van der Waals surface area (Å²) in [6, 6.07) is 4.55. The summed E-state index contributed by atoms with van der Waals surface area (Å²) in [5.41, 5.74) is -0.300. The summed E-state index contributed by atoms with van der Waals surface area (Å²) >= 11 is 0. The molecule has 3 heterocycles. The number of amides is 2. The Labute approximate surface area is 186 Å². The third-order valence-electron chi connectivity index (χ3n) is 5.57. The van der Waals surface area contributed by atoms with Crippen molar-refractivity contribution < 1.29 is 27.5 Å². The highest BCUT2D eigenvalue weighted by atomic mass is 19.4. The van der Waals surface area contributed by atoms with Crippen molar-refractivity contribution in [3.8, 4) is 5.75 Å². The van der Waals surface area contributed by atoms with Crippen LogP contribution < -0.4 is 25.8 Å². The number of alkyl halides is 3. The van der Waals surface area contributed by atoms with Crippen LogP contribution in [0.4, 0.5) is 30.6 Å². The standard InChI is InChI=1S/C21H22F3N5O4/c1-11-3-2-8-29(10-11)20-27-17-16(19(32)28-20)14(9-15(30)26-17)18(31)25-12-4-6-13(7-5-12)33-21(22,23)24/h4-7,11,14H,2-3,8-10H2,1H3,(H,25,31)(H2,26,27,28,30,32)/t11-,14-/m1/s1. The topological polar surface area (TPSA) is 116 Å². The van der Waals surface area contributed by atoms with E-state index >= 15 is 0 Å². The molecule has 4 rings (SSSR count). The zero-order chi connectivity index (χ0) is 23.8. The molecule has 0 aliphatic carbocycles. The summed E-state index contributed by atoms with van der Waals surface area (Å²) in [5, 5.41) is 5.10. The van der Waals surface area contributed by atoms with Crippen LogP contribution in [-0.4, -0.2) is 41.2 Å². The summed E-state index contributed by atoms with van der Waals surface area (Å²) in [6.45, 7) is 3.54. The largest absolute Gasteiger partial charge is 0.573 e. The van der Waals surface area contributed by atoms with Crippen LogP contribution in [-0.2, 0) is 9.59 Å². The van der Waals surface area contributed by atoms with Crippen LogP contribution in [0.3, 0.4) is 0 Å². The molecule has 33 heavy (non-hydrogen) atoms. The molecule has 0 spiro atoms. The molecule has 0 radical (unpaired) electrons. The maximum absolute atomic E-state index is 12.9. The lowest BCUT2D eigenvalue weighted by Gasteiger charge is -2.32. The van der Waals surface area contributed by atoms with Crippen LogP contribution in [0.2, 0.25) is 0 Å². The van der Waals surface area contributed by atoms with Gasteiger partial charge in [0, 0.05) is 25.2 Å². The number of piperidine rings is 1. The summed E-state index contributed by atoms with van der Waals surface area (Å²) < 4.78 is 40.7. The first kappa shape index (κ1) is 22.6. The molecule has 12 heteroatoms. The minimum atomic E-state index is -4.83. The molecule has 2 aliphatic heterocycles. The monoisotopic (exact) mass is 465 g/mol. The Morgan fingerprint density at radius 3 is 2.64 bits per heavy atom. The van der Waals surface area contributed by atoms with E-state index in [-0.39, 0.29) is 23.5 Å². The number of hydrogen-bond donors (Lipinski definition) is 3. The first-order valence-corrected chi connectivity index (χ1v) is 10.4. The summed E-state index contributed by atoms with van der Waals surface area (Å²) in [4.78, 5) is 47.1. The van der Waals surface area contributed by atoms with E-state index in [4.69, 9.17) is 0 Å².